The van der Waals surface area contributed by atoms with Crippen molar-refractivity contribution in [1.82, 2.24) is 5.32 Å². The van der Waals surface area contributed by atoms with Crippen LogP contribution in [-0.4, -0.2) is 28.1 Å². The van der Waals surface area contributed by atoms with Gasteiger partial charge in [-0.2, -0.15) is 11.8 Å². The molecule has 0 aliphatic carbocycles. The first-order valence-corrected chi connectivity index (χ1v) is 7.97. The minimum absolute atomic E-state index is 0.0390. The Morgan fingerprint density at radius 3 is 3.06 bits per heavy atom. The summed E-state index contributed by atoms with van der Waals surface area (Å²) in [7, 11) is 0. The molecule has 5 heteroatoms. The lowest BCUT2D eigenvalue weighted by Gasteiger charge is -2.22. The maximum absolute atomic E-state index is 12.0. The zero-order valence-corrected chi connectivity index (χ0v) is 13.2. The molecule has 3 nitrogen and oxygen atoms in total. The van der Waals surface area contributed by atoms with Gasteiger partial charge in [0.15, 0.2) is 0 Å². The lowest BCUT2D eigenvalue weighted by Crippen LogP contribution is -2.36. The highest BCUT2D eigenvalue weighted by molar-refractivity contribution is 14.1. The molecule has 2 rings (SSSR count). The number of halogens is 1. The van der Waals surface area contributed by atoms with Gasteiger partial charge in [-0.05, 0) is 66.3 Å². The number of phenolic OH excluding ortho intramolecular Hbond substituents is 1. The van der Waals surface area contributed by atoms with Crippen LogP contribution in [0.2, 0.25) is 0 Å². The molecular weight excluding hydrogens is 361 g/mol. The third-order valence-electron chi connectivity index (χ3n) is 3.13. The van der Waals surface area contributed by atoms with E-state index in [-0.39, 0.29) is 16.4 Å². The topological polar surface area (TPSA) is 49.3 Å². The second-order valence-corrected chi connectivity index (χ2v) is 7.67. The second-order valence-electron chi connectivity index (χ2n) is 4.75. The van der Waals surface area contributed by atoms with Crippen molar-refractivity contribution in [3.05, 3.63) is 27.3 Å². The molecule has 18 heavy (non-hydrogen) atoms. The van der Waals surface area contributed by atoms with E-state index < -0.39 is 0 Å². The largest absolute Gasteiger partial charge is 0.507 e. The third kappa shape index (κ3) is 3.32. The molecule has 0 radical (unpaired) electrons. The first kappa shape index (κ1) is 14.0. The van der Waals surface area contributed by atoms with Crippen LogP contribution in [0.5, 0.6) is 5.75 Å². The molecule has 1 unspecified atom stereocenters. The van der Waals surface area contributed by atoms with Crippen LogP contribution in [0.4, 0.5) is 0 Å². The molecule has 1 aliphatic heterocycles. The molecule has 0 spiro atoms. The number of aromatic hydroxyl groups is 1. The summed E-state index contributed by atoms with van der Waals surface area (Å²) in [4.78, 5) is 12.0. The minimum Gasteiger partial charge on any atom is -0.507 e. The van der Waals surface area contributed by atoms with Crippen molar-refractivity contribution in [2.24, 2.45) is 0 Å². The highest BCUT2D eigenvalue weighted by atomic mass is 127. The van der Waals surface area contributed by atoms with E-state index in [1.807, 2.05) is 11.8 Å². The number of phenols is 1. The zero-order valence-electron chi connectivity index (χ0n) is 10.2. The van der Waals surface area contributed by atoms with Crippen molar-refractivity contribution in [2.45, 2.75) is 24.5 Å². The van der Waals surface area contributed by atoms with Crippen molar-refractivity contribution in [1.29, 1.82) is 0 Å². The Bertz CT molecular complexity index is 458. The molecule has 0 saturated carbocycles. The summed E-state index contributed by atoms with van der Waals surface area (Å²) in [6.07, 6.45) is 2.35. The van der Waals surface area contributed by atoms with E-state index >= 15 is 0 Å². The van der Waals surface area contributed by atoms with E-state index in [0.717, 1.165) is 9.99 Å². The van der Waals surface area contributed by atoms with Gasteiger partial charge in [-0.25, -0.2) is 0 Å². The predicted molar refractivity (Wildman–Crippen MR) is 83.3 cm³/mol. The number of thioether (sulfide) groups is 1. The molecule has 1 saturated heterocycles. The average molecular weight is 377 g/mol. The molecule has 2 N–H and O–H groups in total. The van der Waals surface area contributed by atoms with Crippen LogP contribution in [0, 0.1) is 3.57 Å². The SMILES string of the molecule is CC1(CNC(=O)c2cc(I)ccc2O)CCCS1. The summed E-state index contributed by atoms with van der Waals surface area (Å²) in [5.74, 6) is 1.01. The number of carbonyl (C=O) groups is 1. The summed E-state index contributed by atoms with van der Waals surface area (Å²) in [6, 6.07) is 5.04. The number of carbonyl (C=O) groups excluding carboxylic acids is 1. The van der Waals surface area contributed by atoms with Crippen LogP contribution in [0.3, 0.4) is 0 Å². The third-order valence-corrected chi connectivity index (χ3v) is 5.34. The smallest absolute Gasteiger partial charge is 0.255 e. The fraction of sp³-hybridized carbons (Fsp3) is 0.462. The molecule has 1 aromatic carbocycles. The first-order chi connectivity index (χ1) is 8.50. The second kappa shape index (κ2) is 5.69. The van der Waals surface area contributed by atoms with Gasteiger partial charge in [0.2, 0.25) is 0 Å². The van der Waals surface area contributed by atoms with Gasteiger partial charge in [-0.1, -0.05) is 0 Å². The number of hydrogen-bond acceptors (Lipinski definition) is 3. The van der Waals surface area contributed by atoms with Crippen molar-refractivity contribution < 1.29 is 9.90 Å². The molecule has 0 bridgehead atoms. The van der Waals surface area contributed by atoms with E-state index in [1.54, 1.807) is 18.2 Å². The number of hydrogen-bond donors (Lipinski definition) is 2. The number of amides is 1. The Kier molecular flexibility index (Phi) is 4.42. The lowest BCUT2D eigenvalue weighted by molar-refractivity contribution is 0.0947. The van der Waals surface area contributed by atoms with Gasteiger partial charge >= 0.3 is 0 Å². The predicted octanol–water partition coefficient (Wildman–Crippen LogP) is 3.01. The number of rotatable bonds is 3. The Balaban J connectivity index is 2.01. The van der Waals surface area contributed by atoms with E-state index in [4.69, 9.17) is 0 Å². The maximum atomic E-state index is 12.0. The zero-order chi connectivity index (χ0) is 13.2. The van der Waals surface area contributed by atoms with Crippen LogP contribution in [0.15, 0.2) is 18.2 Å². The van der Waals surface area contributed by atoms with Gasteiger partial charge in [-0.15, -0.1) is 0 Å². The van der Waals surface area contributed by atoms with Crippen molar-refractivity contribution in [2.75, 3.05) is 12.3 Å². The van der Waals surface area contributed by atoms with Gasteiger partial charge < -0.3 is 10.4 Å². The molecule has 1 heterocycles. The van der Waals surface area contributed by atoms with Gasteiger partial charge in [0.1, 0.15) is 5.75 Å². The first-order valence-electron chi connectivity index (χ1n) is 5.91. The Morgan fingerprint density at radius 1 is 1.61 bits per heavy atom. The molecule has 0 aromatic heterocycles. The van der Waals surface area contributed by atoms with Gasteiger partial charge in [0, 0.05) is 14.9 Å². The van der Waals surface area contributed by atoms with Crippen molar-refractivity contribution >= 4 is 40.3 Å². The normalized spacial score (nSPS) is 23.0. The van der Waals surface area contributed by atoms with E-state index in [2.05, 4.69) is 34.8 Å². The van der Waals surface area contributed by atoms with Crippen LogP contribution in [0.25, 0.3) is 0 Å². The number of benzene rings is 1. The van der Waals surface area contributed by atoms with Gasteiger partial charge in [-0.3, -0.25) is 4.79 Å². The quantitative estimate of drug-likeness (QED) is 0.797. The van der Waals surface area contributed by atoms with Crippen molar-refractivity contribution in [3.8, 4) is 5.75 Å². The Hall–Kier alpha value is -0.430. The molecule has 1 aliphatic rings. The number of nitrogens with one attached hydrogen (secondary N) is 1. The highest BCUT2D eigenvalue weighted by Crippen LogP contribution is 2.37. The average Bonchev–Trinajstić information content (AvgIpc) is 2.77. The van der Waals surface area contributed by atoms with Crippen LogP contribution < -0.4 is 5.32 Å². The van der Waals surface area contributed by atoms with E-state index in [9.17, 15) is 9.90 Å². The fourth-order valence-electron chi connectivity index (χ4n) is 2.03. The molecular formula is C13H16INO2S. The Labute approximate surface area is 125 Å². The summed E-state index contributed by atoms with van der Waals surface area (Å²) in [6.45, 7) is 2.83. The molecule has 1 amide bonds. The molecule has 98 valence electrons. The minimum atomic E-state index is -0.195. The van der Waals surface area contributed by atoms with E-state index in [0.29, 0.717) is 12.1 Å². The molecule has 1 atom stereocenters. The fourth-order valence-corrected chi connectivity index (χ4v) is 3.76. The van der Waals surface area contributed by atoms with Gasteiger partial charge in [0.05, 0.1) is 5.56 Å². The van der Waals surface area contributed by atoms with Gasteiger partial charge in [0.25, 0.3) is 5.91 Å². The standard InChI is InChI=1S/C13H16INO2S/c1-13(5-2-6-18-13)8-15-12(17)10-7-9(14)3-4-11(10)16/h3-4,7,16H,2,5-6,8H2,1H3,(H,15,17). The monoisotopic (exact) mass is 377 g/mol. The van der Waals surface area contributed by atoms with Crippen LogP contribution in [-0.2, 0) is 0 Å². The summed E-state index contributed by atoms with van der Waals surface area (Å²) < 4.78 is 1.09. The van der Waals surface area contributed by atoms with Crippen LogP contribution in [0.1, 0.15) is 30.1 Å². The maximum Gasteiger partial charge on any atom is 0.255 e. The Morgan fingerprint density at radius 2 is 2.39 bits per heavy atom. The summed E-state index contributed by atoms with van der Waals surface area (Å²) in [5, 5.41) is 12.6. The molecule has 1 fully saturated rings. The molecule has 1 aromatic rings. The summed E-state index contributed by atoms with van der Waals surface area (Å²) >= 11 is 4.04. The highest BCUT2D eigenvalue weighted by Gasteiger charge is 2.30. The van der Waals surface area contributed by atoms with E-state index in [1.165, 1.54) is 12.2 Å². The van der Waals surface area contributed by atoms with Crippen LogP contribution >= 0.6 is 34.4 Å². The lowest BCUT2D eigenvalue weighted by atomic mass is 10.1. The van der Waals surface area contributed by atoms with Crippen molar-refractivity contribution in [3.63, 3.8) is 0 Å². The summed E-state index contributed by atoms with van der Waals surface area (Å²) in [5.41, 5.74) is 0.355.